The minimum atomic E-state index is -4.68. The van der Waals surface area contributed by atoms with Gasteiger partial charge in [0.1, 0.15) is 6.10 Å². The van der Waals surface area contributed by atoms with Gasteiger partial charge in [0.25, 0.3) is 0 Å². The third-order valence-electron chi connectivity index (χ3n) is 8.21. The fraction of sp³-hybridized carbons (Fsp3) is 0.850. The molecule has 0 aromatic rings. The fourth-order valence-electron chi connectivity index (χ4n) is 6.40. The third-order valence-corrected chi connectivity index (χ3v) is 8.21. The molecule has 3 aliphatic heterocycles. The summed E-state index contributed by atoms with van der Waals surface area (Å²) < 4.78 is 46.5. The number of alkyl halides is 3. The number of nitrogens with one attached hydrogen (secondary N) is 1. The number of guanidine groups is 1. The highest BCUT2D eigenvalue weighted by molar-refractivity contribution is 5.87. The van der Waals surface area contributed by atoms with Gasteiger partial charge in [-0.15, -0.1) is 0 Å². The molecule has 32 heavy (non-hydrogen) atoms. The number of piperidine rings is 1. The Labute approximate surface area is 183 Å². The van der Waals surface area contributed by atoms with Crippen LogP contribution >= 0.6 is 0 Å². The molecule has 7 atom stereocenters. The molecule has 1 saturated carbocycles. The number of aliphatic carboxylic acids is 1. The second kappa shape index (κ2) is 7.47. The molecular weight excluding hydrogens is 431 g/mol. The maximum Gasteiger partial charge on any atom is 0.404 e. The first-order valence-corrected chi connectivity index (χ1v) is 11.0. The minimum Gasteiger partial charge on any atom is -0.480 e. The number of rotatable bonds is 4. The van der Waals surface area contributed by atoms with Gasteiger partial charge in [-0.1, -0.05) is 26.7 Å². The number of halogens is 3. The van der Waals surface area contributed by atoms with Gasteiger partial charge in [0.2, 0.25) is 0 Å². The van der Waals surface area contributed by atoms with Gasteiger partial charge in [0, 0.05) is 5.92 Å². The molecule has 0 aromatic heterocycles. The lowest BCUT2D eigenvalue weighted by Crippen LogP contribution is -2.78. The van der Waals surface area contributed by atoms with E-state index in [1.165, 1.54) is 0 Å². The maximum atomic E-state index is 13.7. The summed E-state index contributed by atoms with van der Waals surface area (Å²) >= 11 is 0. The van der Waals surface area contributed by atoms with Gasteiger partial charge < -0.3 is 26.2 Å². The van der Waals surface area contributed by atoms with Crippen LogP contribution < -0.4 is 16.8 Å². The summed E-state index contributed by atoms with van der Waals surface area (Å²) in [6.45, 7) is 3.78. The van der Waals surface area contributed by atoms with Crippen LogP contribution in [0.15, 0.2) is 4.99 Å². The summed E-state index contributed by atoms with van der Waals surface area (Å²) in [5.41, 5.74) is 8.97. The molecule has 0 radical (unpaired) electrons. The highest BCUT2D eigenvalue weighted by Crippen LogP contribution is 2.56. The van der Waals surface area contributed by atoms with Crippen molar-refractivity contribution in [2.24, 2.45) is 33.7 Å². The number of carboxylic acid groups (broad SMARTS) is 1. The van der Waals surface area contributed by atoms with E-state index in [1.807, 2.05) is 6.92 Å². The van der Waals surface area contributed by atoms with E-state index in [9.17, 15) is 27.9 Å². The van der Waals surface area contributed by atoms with E-state index in [2.05, 4.69) is 10.3 Å². The molecule has 0 amide bonds. The van der Waals surface area contributed by atoms with Gasteiger partial charge in [-0.3, -0.25) is 10.1 Å². The summed E-state index contributed by atoms with van der Waals surface area (Å²) in [4.78, 5) is 30.7. The number of ether oxygens (including phenoxy) is 1. The quantitative estimate of drug-likeness (QED) is 0.450. The van der Waals surface area contributed by atoms with E-state index in [1.54, 1.807) is 11.8 Å². The topological polar surface area (TPSA) is 143 Å². The fourth-order valence-corrected chi connectivity index (χ4v) is 6.40. The summed E-state index contributed by atoms with van der Waals surface area (Å²) in [5, 5.41) is 13.0. The molecule has 3 unspecified atom stereocenters. The standard InChI is InChI=1S/C20H30F3N5O4/c1-3-10-7-12(24)26-14-13(15(29)30)27-17(25)28-8-11(9(2)19(10,14)28)32-16(31)18(5-4-6-18)20(21,22)23/h9-14,26H,3-8,24H2,1-2H3,(H2,25,27)(H,29,30)/t9-,10+,11+,12?,13-,14?,19?/m1/s1. The zero-order valence-electron chi connectivity index (χ0n) is 18.1. The molecule has 0 bridgehead atoms. The Morgan fingerprint density at radius 3 is 2.53 bits per heavy atom. The highest BCUT2D eigenvalue weighted by atomic mass is 19.4. The first-order chi connectivity index (χ1) is 14.9. The number of nitrogens with two attached hydrogens (primary N) is 2. The Balaban J connectivity index is 1.71. The lowest BCUT2D eigenvalue weighted by atomic mass is 9.62. The summed E-state index contributed by atoms with van der Waals surface area (Å²) in [6.07, 6.45) is -5.15. The molecule has 1 aliphatic carbocycles. The second-order valence-corrected chi connectivity index (χ2v) is 9.53. The Morgan fingerprint density at radius 2 is 2.03 bits per heavy atom. The van der Waals surface area contributed by atoms with E-state index < -0.39 is 59.3 Å². The molecule has 6 N–H and O–H groups in total. The number of esters is 1. The normalized spacial score (nSPS) is 40.6. The Bertz CT molecular complexity index is 833. The lowest BCUT2D eigenvalue weighted by Gasteiger charge is -2.59. The average Bonchev–Trinajstić information content (AvgIpc) is 2.93. The van der Waals surface area contributed by atoms with Crippen molar-refractivity contribution in [1.29, 1.82) is 0 Å². The Hall–Kier alpha value is -2.08. The molecule has 0 aromatic carbocycles. The molecule has 4 rings (SSSR count). The number of hydrogen-bond acceptors (Lipinski definition) is 8. The average molecular weight is 461 g/mol. The van der Waals surface area contributed by atoms with Crippen LogP contribution in [-0.2, 0) is 14.3 Å². The van der Waals surface area contributed by atoms with Crippen molar-refractivity contribution in [1.82, 2.24) is 10.2 Å². The zero-order valence-corrected chi connectivity index (χ0v) is 18.1. The van der Waals surface area contributed by atoms with Crippen molar-refractivity contribution in [3.8, 4) is 0 Å². The van der Waals surface area contributed by atoms with Gasteiger partial charge >= 0.3 is 18.1 Å². The van der Waals surface area contributed by atoms with Gasteiger partial charge in [0.15, 0.2) is 17.4 Å². The predicted molar refractivity (Wildman–Crippen MR) is 107 cm³/mol. The van der Waals surface area contributed by atoms with Gasteiger partial charge in [-0.05, 0) is 25.2 Å². The van der Waals surface area contributed by atoms with Gasteiger partial charge in [-0.25, -0.2) is 9.79 Å². The zero-order chi connectivity index (χ0) is 23.6. The van der Waals surface area contributed by atoms with Gasteiger partial charge in [-0.2, -0.15) is 13.2 Å². The van der Waals surface area contributed by atoms with Crippen LogP contribution in [0.3, 0.4) is 0 Å². The number of aliphatic imine (C=N–C) groups is 1. The molecular formula is C20H30F3N5O4. The molecule has 12 heteroatoms. The van der Waals surface area contributed by atoms with E-state index in [-0.39, 0.29) is 31.3 Å². The first-order valence-electron chi connectivity index (χ1n) is 11.0. The van der Waals surface area contributed by atoms with Crippen molar-refractivity contribution in [2.45, 2.75) is 82.0 Å². The Kier molecular flexibility index (Phi) is 5.39. The van der Waals surface area contributed by atoms with Gasteiger partial charge in [0.05, 0.1) is 24.3 Å². The molecule has 4 aliphatic rings. The predicted octanol–water partition coefficient (Wildman–Crippen LogP) is 0.776. The minimum absolute atomic E-state index is 0.0102. The lowest BCUT2D eigenvalue weighted by molar-refractivity contribution is -0.257. The number of carboxylic acids is 1. The van der Waals surface area contributed by atoms with Crippen LogP contribution in [-0.4, -0.2) is 70.5 Å². The van der Waals surface area contributed by atoms with E-state index in [4.69, 9.17) is 16.2 Å². The summed E-state index contributed by atoms with van der Waals surface area (Å²) in [6, 6.07) is -1.95. The SMILES string of the molecule is CC[C@H]1CC(N)NC2[C@H](C(=O)O)N=C(N)N3C[C@H](OC(=O)C4(C(F)(F)F)CCC4)[C@@H](C)C213. The van der Waals surface area contributed by atoms with Crippen molar-refractivity contribution in [2.75, 3.05) is 6.54 Å². The van der Waals surface area contributed by atoms with Crippen LogP contribution in [0.5, 0.6) is 0 Å². The monoisotopic (exact) mass is 461 g/mol. The molecule has 180 valence electrons. The number of hydrogen-bond donors (Lipinski definition) is 4. The smallest absolute Gasteiger partial charge is 0.404 e. The molecule has 1 spiro atoms. The number of carbonyl (C=O) groups is 2. The highest BCUT2D eigenvalue weighted by Gasteiger charge is 2.69. The number of carbonyl (C=O) groups excluding carboxylic acids is 1. The van der Waals surface area contributed by atoms with Crippen LogP contribution in [0, 0.1) is 17.3 Å². The largest absolute Gasteiger partial charge is 0.480 e. The molecule has 9 nitrogen and oxygen atoms in total. The maximum absolute atomic E-state index is 13.7. The van der Waals surface area contributed by atoms with Crippen molar-refractivity contribution >= 4 is 17.9 Å². The summed E-state index contributed by atoms with van der Waals surface area (Å²) in [7, 11) is 0. The first kappa shape index (κ1) is 23.1. The van der Waals surface area contributed by atoms with Crippen LogP contribution in [0.25, 0.3) is 0 Å². The van der Waals surface area contributed by atoms with Crippen LogP contribution in [0.4, 0.5) is 13.2 Å². The second-order valence-electron chi connectivity index (χ2n) is 9.53. The van der Waals surface area contributed by atoms with E-state index >= 15 is 0 Å². The van der Waals surface area contributed by atoms with E-state index in [0.29, 0.717) is 19.3 Å². The molecule has 3 heterocycles. The summed E-state index contributed by atoms with van der Waals surface area (Å²) in [5.74, 6) is -3.07. The van der Waals surface area contributed by atoms with Crippen molar-refractivity contribution in [3.05, 3.63) is 0 Å². The molecule has 2 saturated heterocycles. The van der Waals surface area contributed by atoms with E-state index in [0.717, 1.165) is 0 Å². The number of nitrogens with zero attached hydrogens (tertiary/aromatic N) is 2. The van der Waals surface area contributed by atoms with Crippen molar-refractivity contribution in [3.63, 3.8) is 0 Å². The third kappa shape index (κ3) is 2.94. The van der Waals surface area contributed by atoms with Crippen LogP contribution in [0.2, 0.25) is 0 Å². The molecule has 3 fully saturated rings. The van der Waals surface area contributed by atoms with Crippen molar-refractivity contribution < 1.29 is 32.6 Å². The van der Waals surface area contributed by atoms with Crippen LogP contribution in [0.1, 0.15) is 46.0 Å². The Morgan fingerprint density at radius 1 is 1.38 bits per heavy atom.